The van der Waals surface area contributed by atoms with Crippen molar-refractivity contribution in [2.75, 3.05) is 0 Å². The second-order valence-corrected chi connectivity index (χ2v) is 18.3. The van der Waals surface area contributed by atoms with Crippen LogP contribution in [-0.4, -0.2) is 8.07 Å². The van der Waals surface area contributed by atoms with E-state index in [0.717, 1.165) is 0 Å². The van der Waals surface area contributed by atoms with Crippen LogP contribution in [0.2, 0.25) is 24.7 Å². The Kier molecular flexibility index (Phi) is 31.4. The normalized spacial score (nSPS) is 12.2. The third-order valence-corrected chi connectivity index (χ3v) is 13.4. The van der Waals surface area contributed by atoms with Crippen molar-refractivity contribution in [3.05, 3.63) is 12.2 Å². The zero-order valence-electron chi connectivity index (χ0n) is 27.6. The van der Waals surface area contributed by atoms with Crippen LogP contribution < -0.4 is 0 Å². The first-order valence-corrected chi connectivity index (χ1v) is 21.5. The monoisotopic (exact) mass is 549 g/mol. The third-order valence-electron chi connectivity index (χ3n) is 9.02. The van der Waals surface area contributed by atoms with E-state index in [1.54, 1.807) is 12.1 Å². The van der Waals surface area contributed by atoms with Gasteiger partial charge in [0.05, 0.1) is 8.07 Å². The SMILES string of the molecule is CCCCCCCCCC=CC[Si](C)(CCCCCCCCCCCC)CCCCCCCCCCCC. The molecule has 0 rings (SSSR count). The maximum Gasteiger partial charge on any atom is 0.0542 e. The van der Waals surface area contributed by atoms with Crippen LogP contribution in [-0.2, 0) is 0 Å². The standard InChI is InChI=1S/C37H76Si/c1-5-8-11-14-17-20-23-26-29-32-35-38(4,36-33-30-27-24-21-18-15-12-9-6-2)37-34-31-28-25-22-19-16-13-10-7-3/h29,32H,5-28,30-31,33-37H2,1-4H3. The minimum absolute atomic E-state index is 1.11. The summed E-state index contributed by atoms with van der Waals surface area (Å²) in [4.78, 5) is 0. The van der Waals surface area contributed by atoms with E-state index in [2.05, 4.69) is 39.5 Å². The quantitative estimate of drug-likeness (QED) is 0.0445. The van der Waals surface area contributed by atoms with E-state index in [1.807, 2.05) is 0 Å². The Morgan fingerprint density at radius 1 is 0.342 bits per heavy atom. The number of hydrogen-bond acceptors (Lipinski definition) is 0. The number of allylic oxidation sites excluding steroid dienone is 2. The van der Waals surface area contributed by atoms with Gasteiger partial charge < -0.3 is 0 Å². The van der Waals surface area contributed by atoms with Crippen LogP contribution in [0.3, 0.4) is 0 Å². The molecule has 0 heterocycles. The Hall–Kier alpha value is -0.0431. The van der Waals surface area contributed by atoms with E-state index in [1.165, 1.54) is 186 Å². The van der Waals surface area contributed by atoms with Gasteiger partial charge in [-0.2, -0.15) is 0 Å². The molecule has 0 aliphatic carbocycles. The summed E-state index contributed by atoms with van der Waals surface area (Å²) in [5.41, 5.74) is 0. The molecule has 0 unspecified atom stereocenters. The van der Waals surface area contributed by atoms with Crippen molar-refractivity contribution in [1.29, 1.82) is 0 Å². The van der Waals surface area contributed by atoms with Gasteiger partial charge in [0.2, 0.25) is 0 Å². The van der Waals surface area contributed by atoms with Crippen LogP contribution in [0.4, 0.5) is 0 Å². The summed E-state index contributed by atoms with van der Waals surface area (Å²) in [7, 11) is -1.11. The third kappa shape index (κ3) is 29.0. The number of hydrogen-bond donors (Lipinski definition) is 0. The summed E-state index contributed by atoms with van der Waals surface area (Å²) < 4.78 is 0. The van der Waals surface area contributed by atoms with Crippen molar-refractivity contribution in [2.45, 2.75) is 225 Å². The molecular weight excluding hydrogens is 472 g/mol. The highest BCUT2D eigenvalue weighted by molar-refractivity contribution is 6.79. The Balaban J connectivity index is 4.15. The lowest BCUT2D eigenvalue weighted by atomic mass is 10.1. The molecule has 0 fully saturated rings. The van der Waals surface area contributed by atoms with Crippen LogP contribution in [0.5, 0.6) is 0 Å². The van der Waals surface area contributed by atoms with Crippen molar-refractivity contribution in [3.63, 3.8) is 0 Å². The van der Waals surface area contributed by atoms with E-state index in [9.17, 15) is 0 Å². The second-order valence-electron chi connectivity index (χ2n) is 13.3. The maximum atomic E-state index is 2.76. The summed E-state index contributed by atoms with van der Waals surface area (Å²) in [6.45, 7) is 9.71. The lowest BCUT2D eigenvalue weighted by Gasteiger charge is -2.26. The molecule has 0 aliphatic heterocycles. The Labute approximate surface area is 245 Å². The maximum absolute atomic E-state index is 2.76. The minimum atomic E-state index is -1.11. The van der Waals surface area contributed by atoms with Crippen LogP contribution in [0.15, 0.2) is 12.2 Å². The molecule has 0 saturated carbocycles. The highest BCUT2D eigenvalue weighted by Gasteiger charge is 2.24. The molecule has 1 heteroatoms. The minimum Gasteiger partial charge on any atom is -0.0912 e. The summed E-state index contributed by atoms with van der Waals surface area (Å²) in [5.74, 6) is 0. The molecular formula is C37H76Si. The van der Waals surface area contributed by atoms with Crippen molar-refractivity contribution in [2.24, 2.45) is 0 Å². The fraction of sp³-hybridized carbons (Fsp3) is 0.946. The Bertz CT molecular complexity index is 430. The molecule has 38 heavy (non-hydrogen) atoms. The van der Waals surface area contributed by atoms with Gasteiger partial charge in [-0.25, -0.2) is 0 Å². The van der Waals surface area contributed by atoms with E-state index < -0.39 is 8.07 Å². The van der Waals surface area contributed by atoms with Crippen LogP contribution in [0.1, 0.15) is 201 Å². The van der Waals surface area contributed by atoms with Crippen molar-refractivity contribution >= 4 is 8.07 Å². The first-order valence-electron chi connectivity index (χ1n) is 18.3. The van der Waals surface area contributed by atoms with Crippen molar-refractivity contribution in [1.82, 2.24) is 0 Å². The smallest absolute Gasteiger partial charge is 0.0542 e. The number of rotatable bonds is 32. The van der Waals surface area contributed by atoms with Gasteiger partial charge in [-0.1, -0.05) is 218 Å². The van der Waals surface area contributed by atoms with Gasteiger partial charge in [0.1, 0.15) is 0 Å². The second kappa shape index (κ2) is 31.5. The largest absolute Gasteiger partial charge is 0.0912 e. The van der Waals surface area contributed by atoms with E-state index >= 15 is 0 Å². The van der Waals surface area contributed by atoms with E-state index in [0.29, 0.717) is 0 Å². The Morgan fingerprint density at radius 2 is 0.632 bits per heavy atom. The van der Waals surface area contributed by atoms with Crippen LogP contribution in [0.25, 0.3) is 0 Å². The first-order chi connectivity index (χ1) is 18.7. The van der Waals surface area contributed by atoms with Crippen LogP contribution >= 0.6 is 0 Å². The highest BCUT2D eigenvalue weighted by Crippen LogP contribution is 2.28. The molecule has 0 N–H and O–H groups in total. The van der Waals surface area contributed by atoms with Gasteiger partial charge in [0.25, 0.3) is 0 Å². The van der Waals surface area contributed by atoms with E-state index in [4.69, 9.17) is 0 Å². The van der Waals surface area contributed by atoms with Gasteiger partial charge in [0.15, 0.2) is 0 Å². The van der Waals surface area contributed by atoms with Crippen molar-refractivity contribution < 1.29 is 0 Å². The predicted molar refractivity (Wildman–Crippen MR) is 181 cm³/mol. The summed E-state index contributed by atoms with van der Waals surface area (Å²) in [5, 5.41) is 0. The lowest BCUT2D eigenvalue weighted by molar-refractivity contribution is 0.559. The van der Waals surface area contributed by atoms with Gasteiger partial charge in [-0.15, -0.1) is 0 Å². The van der Waals surface area contributed by atoms with Crippen LogP contribution in [0, 0.1) is 0 Å². The molecule has 0 spiro atoms. The average molecular weight is 549 g/mol. The fourth-order valence-corrected chi connectivity index (χ4v) is 9.71. The molecule has 0 aromatic carbocycles. The summed E-state index contributed by atoms with van der Waals surface area (Å²) in [6, 6.07) is 4.63. The number of unbranched alkanes of at least 4 members (excludes halogenated alkanes) is 25. The van der Waals surface area contributed by atoms with Gasteiger partial charge in [0, 0.05) is 0 Å². The molecule has 0 aliphatic rings. The molecule has 0 atom stereocenters. The first kappa shape index (κ1) is 38.0. The summed E-state index contributed by atoms with van der Waals surface area (Å²) >= 11 is 0. The average Bonchev–Trinajstić information content (AvgIpc) is 2.92. The van der Waals surface area contributed by atoms with Gasteiger partial charge >= 0.3 is 0 Å². The van der Waals surface area contributed by atoms with Gasteiger partial charge in [-0.3, -0.25) is 0 Å². The molecule has 0 bridgehead atoms. The van der Waals surface area contributed by atoms with Gasteiger partial charge in [-0.05, 0) is 18.9 Å². The molecule has 0 aromatic rings. The van der Waals surface area contributed by atoms with E-state index in [-0.39, 0.29) is 0 Å². The molecule has 0 amide bonds. The fourth-order valence-electron chi connectivity index (χ4n) is 6.11. The molecule has 0 radical (unpaired) electrons. The topological polar surface area (TPSA) is 0 Å². The zero-order chi connectivity index (χ0) is 27.8. The predicted octanol–water partition coefficient (Wildman–Crippen LogP) is 14.6. The molecule has 0 aromatic heterocycles. The molecule has 0 saturated heterocycles. The van der Waals surface area contributed by atoms with Crippen molar-refractivity contribution in [3.8, 4) is 0 Å². The highest BCUT2D eigenvalue weighted by atomic mass is 28.3. The summed E-state index contributed by atoms with van der Waals surface area (Å²) in [6.07, 6.45) is 46.0. The lowest BCUT2D eigenvalue weighted by Crippen LogP contribution is -2.28. The Morgan fingerprint density at radius 3 is 0.974 bits per heavy atom. The zero-order valence-corrected chi connectivity index (χ0v) is 28.6. The molecule has 228 valence electrons. The molecule has 0 nitrogen and oxygen atoms in total.